The van der Waals surface area contributed by atoms with Crippen LogP contribution in [0.5, 0.6) is 5.75 Å². The molecular formula is C16H15ClN4O2S. The first kappa shape index (κ1) is 16.5. The van der Waals surface area contributed by atoms with Crippen LogP contribution in [0.25, 0.3) is 10.2 Å². The summed E-state index contributed by atoms with van der Waals surface area (Å²) in [5.74, 6) is 1.09. The second kappa shape index (κ2) is 7.02. The molecule has 124 valence electrons. The highest BCUT2D eigenvalue weighted by Gasteiger charge is 2.14. The predicted molar refractivity (Wildman–Crippen MR) is 97.3 cm³/mol. The third-order valence-electron chi connectivity index (χ3n) is 3.40. The van der Waals surface area contributed by atoms with Crippen molar-refractivity contribution in [3.8, 4) is 5.75 Å². The zero-order chi connectivity index (χ0) is 17.1. The van der Waals surface area contributed by atoms with Crippen LogP contribution in [0.4, 0.5) is 11.5 Å². The van der Waals surface area contributed by atoms with Crippen LogP contribution in [0.3, 0.4) is 0 Å². The van der Waals surface area contributed by atoms with E-state index in [0.717, 1.165) is 16.0 Å². The van der Waals surface area contributed by atoms with Crippen molar-refractivity contribution < 1.29 is 9.53 Å². The van der Waals surface area contributed by atoms with Gasteiger partial charge in [0.15, 0.2) is 0 Å². The Morgan fingerprint density at radius 2 is 2.21 bits per heavy atom. The molecule has 0 aliphatic heterocycles. The normalized spacial score (nSPS) is 10.6. The zero-order valence-electron chi connectivity index (χ0n) is 13.1. The van der Waals surface area contributed by atoms with Crippen molar-refractivity contribution in [3.05, 3.63) is 41.0 Å². The van der Waals surface area contributed by atoms with Gasteiger partial charge < -0.3 is 15.0 Å². The second-order valence-electron chi connectivity index (χ2n) is 5.08. The van der Waals surface area contributed by atoms with Gasteiger partial charge in [0, 0.05) is 12.1 Å². The lowest BCUT2D eigenvalue weighted by molar-refractivity contribution is -0.114. The number of thiophene rings is 1. The summed E-state index contributed by atoms with van der Waals surface area (Å²) in [7, 11) is 3.36. The fourth-order valence-corrected chi connectivity index (χ4v) is 3.37. The minimum absolute atomic E-state index is 0.139. The van der Waals surface area contributed by atoms with Gasteiger partial charge in [0.05, 0.1) is 29.6 Å². The van der Waals surface area contributed by atoms with Crippen molar-refractivity contribution in [1.29, 1.82) is 0 Å². The molecule has 0 bridgehead atoms. The van der Waals surface area contributed by atoms with Gasteiger partial charge in [-0.2, -0.15) is 0 Å². The van der Waals surface area contributed by atoms with Crippen molar-refractivity contribution in [1.82, 2.24) is 9.97 Å². The largest absolute Gasteiger partial charge is 0.495 e. The molecule has 6 nitrogen and oxygen atoms in total. The first-order chi connectivity index (χ1) is 11.6. The van der Waals surface area contributed by atoms with Crippen LogP contribution in [0.15, 0.2) is 36.0 Å². The molecule has 0 saturated carbocycles. The monoisotopic (exact) mass is 362 g/mol. The summed E-state index contributed by atoms with van der Waals surface area (Å²) in [5, 5.41) is 5.29. The lowest BCUT2D eigenvalue weighted by Crippen LogP contribution is -2.30. The first-order valence-electron chi connectivity index (χ1n) is 7.11. The summed E-state index contributed by atoms with van der Waals surface area (Å²) in [6.07, 6.45) is 1.50. The third-order valence-corrected chi connectivity index (χ3v) is 4.54. The number of nitrogens with one attached hydrogen (secondary N) is 1. The maximum Gasteiger partial charge on any atom is 0.244 e. The molecule has 1 amide bonds. The van der Waals surface area contributed by atoms with Crippen LogP contribution in [-0.2, 0) is 4.79 Å². The Morgan fingerprint density at radius 1 is 1.38 bits per heavy atom. The Morgan fingerprint density at radius 3 is 3.00 bits per heavy atom. The fraction of sp³-hybridized carbons (Fsp3) is 0.188. The van der Waals surface area contributed by atoms with Gasteiger partial charge in [-0.25, -0.2) is 9.97 Å². The number of rotatable bonds is 5. The Kier molecular flexibility index (Phi) is 4.82. The fourth-order valence-electron chi connectivity index (χ4n) is 2.31. The summed E-state index contributed by atoms with van der Waals surface area (Å²) < 4.78 is 6.18. The molecule has 3 aromatic rings. The van der Waals surface area contributed by atoms with Gasteiger partial charge in [-0.3, -0.25) is 4.79 Å². The van der Waals surface area contributed by atoms with Crippen molar-refractivity contribution in [3.63, 3.8) is 0 Å². The quantitative estimate of drug-likeness (QED) is 0.753. The Hall–Kier alpha value is -2.38. The standard InChI is InChI=1S/C16H15ClN4O2S/c1-21(16-15-11(5-6-24-15)18-9-19-16)8-14(22)20-12-7-10(17)3-4-13(12)23-2/h3-7,9H,8H2,1-2H3,(H,20,22). The van der Waals surface area contributed by atoms with Crippen LogP contribution < -0.4 is 15.0 Å². The molecule has 0 saturated heterocycles. The summed E-state index contributed by atoms with van der Waals surface area (Å²) in [6.45, 7) is 0.139. The van der Waals surface area contributed by atoms with Crippen LogP contribution >= 0.6 is 22.9 Å². The lowest BCUT2D eigenvalue weighted by Gasteiger charge is -2.18. The van der Waals surface area contributed by atoms with E-state index in [1.807, 2.05) is 18.5 Å². The lowest BCUT2D eigenvalue weighted by atomic mass is 10.3. The topological polar surface area (TPSA) is 67.3 Å². The number of fused-ring (bicyclic) bond motifs is 1. The van der Waals surface area contributed by atoms with E-state index in [0.29, 0.717) is 16.5 Å². The molecule has 1 N–H and O–H groups in total. The predicted octanol–water partition coefficient (Wildman–Crippen LogP) is 3.43. The summed E-state index contributed by atoms with van der Waals surface area (Å²) >= 11 is 7.52. The average Bonchev–Trinajstić information content (AvgIpc) is 3.03. The van der Waals surface area contributed by atoms with E-state index in [1.54, 1.807) is 41.5 Å². The number of nitrogens with zero attached hydrogens (tertiary/aromatic N) is 3. The van der Waals surface area contributed by atoms with E-state index in [2.05, 4.69) is 15.3 Å². The highest BCUT2D eigenvalue weighted by Crippen LogP contribution is 2.29. The number of ether oxygens (including phenoxy) is 1. The number of amides is 1. The minimum Gasteiger partial charge on any atom is -0.495 e. The number of benzene rings is 1. The molecule has 3 rings (SSSR count). The Labute approximate surface area is 148 Å². The molecule has 2 heterocycles. The Bertz CT molecular complexity index is 883. The summed E-state index contributed by atoms with van der Waals surface area (Å²) in [4.78, 5) is 22.6. The molecule has 8 heteroatoms. The van der Waals surface area contributed by atoms with Gasteiger partial charge in [0.1, 0.15) is 17.9 Å². The SMILES string of the molecule is COc1ccc(Cl)cc1NC(=O)CN(C)c1ncnc2ccsc12. The Balaban J connectivity index is 1.75. The average molecular weight is 363 g/mol. The number of methoxy groups -OCH3 is 1. The molecular weight excluding hydrogens is 348 g/mol. The van der Waals surface area contributed by atoms with Crippen molar-refractivity contribution in [2.24, 2.45) is 0 Å². The molecule has 0 radical (unpaired) electrons. The number of halogens is 1. The van der Waals surface area contributed by atoms with E-state index >= 15 is 0 Å². The summed E-state index contributed by atoms with van der Waals surface area (Å²) in [6, 6.07) is 6.99. The first-order valence-corrected chi connectivity index (χ1v) is 8.37. The molecule has 1 aromatic carbocycles. The van der Waals surface area contributed by atoms with Crippen LogP contribution in [0.2, 0.25) is 5.02 Å². The van der Waals surface area contributed by atoms with Gasteiger partial charge in [-0.1, -0.05) is 11.6 Å². The van der Waals surface area contributed by atoms with Crippen molar-refractivity contribution in [2.45, 2.75) is 0 Å². The summed E-state index contributed by atoms with van der Waals surface area (Å²) in [5.41, 5.74) is 1.40. The van der Waals surface area contributed by atoms with E-state index < -0.39 is 0 Å². The smallest absolute Gasteiger partial charge is 0.244 e. The van der Waals surface area contributed by atoms with E-state index in [9.17, 15) is 4.79 Å². The second-order valence-corrected chi connectivity index (χ2v) is 6.43. The van der Waals surface area contributed by atoms with Gasteiger partial charge in [-0.15, -0.1) is 11.3 Å². The number of aromatic nitrogens is 2. The van der Waals surface area contributed by atoms with Crippen LogP contribution in [0, 0.1) is 0 Å². The highest BCUT2D eigenvalue weighted by atomic mass is 35.5. The number of hydrogen-bond acceptors (Lipinski definition) is 6. The maximum absolute atomic E-state index is 12.4. The van der Waals surface area contributed by atoms with Gasteiger partial charge in [0.25, 0.3) is 0 Å². The number of hydrogen-bond donors (Lipinski definition) is 1. The zero-order valence-corrected chi connectivity index (χ0v) is 14.7. The van der Waals surface area contributed by atoms with Crippen LogP contribution in [0.1, 0.15) is 0 Å². The van der Waals surface area contributed by atoms with Crippen molar-refractivity contribution in [2.75, 3.05) is 30.9 Å². The third kappa shape index (κ3) is 3.42. The van der Waals surface area contributed by atoms with Crippen LogP contribution in [-0.4, -0.2) is 36.6 Å². The number of carbonyl (C=O) groups is 1. The number of likely N-dealkylation sites (N-methyl/N-ethyl adjacent to an activating group) is 1. The maximum atomic E-state index is 12.4. The molecule has 0 fully saturated rings. The molecule has 0 spiro atoms. The molecule has 24 heavy (non-hydrogen) atoms. The molecule has 2 aromatic heterocycles. The van der Waals surface area contributed by atoms with Gasteiger partial charge in [-0.05, 0) is 29.6 Å². The van der Waals surface area contributed by atoms with Gasteiger partial charge in [0.2, 0.25) is 5.91 Å². The molecule has 0 atom stereocenters. The van der Waals surface area contributed by atoms with E-state index in [-0.39, 0.29) is 12.5 Å². The number of carbonyl (C=O) groups excluding carboxylic acids is 1. The molecule has 0 aliphatic carbocycles. The van der Waals surface area contributed by atoms with Gasteiger partial charge >= 0.3 is 0 Å². The molecule has 0 unspecified atom stereocenters. The minimum atomic E-state index is -0.193. The van der Waals surface area contributed by atoms with E-state index in [4.69, 9.17) is 16.3 Å². The molecule has 0 aliphatic rings. The highest BCUT2D eigenvalue weighted by molar-refractivity contribution is 7.17. The van der Waals surface area contributed by atoms with E-state index in [1.165, 1.54) is 6.33 Å². The van der Waals surface area contributed by atoms with Crippen molar-refractivity contribution >= 4 is 50.6 Å². The number of anilines is 2.